The Bertz CT molecular complexity index is 740. The summed E-state index contributed by atoms with van der Waals surface area (Å²) in [5.41, 5.74) is 1.85. The molecule has 1 aromatic carbocycles. The van der Waals surface area contributed by atoms with Gasteiger partial charge < -0.3 is 25.0 Å². The largest absolute Gasteiger partial charge is 0.493 e. The molecule has 3 rings (SSSR count). The van der Waals surface area contributed by atoms with E-state index in [1.165, 1.54) is 25.9 Å². The van der Waals surface area contributed by atoms with E-state index in [-0.39, 0.29) is 0 Å². The molecule has 1 saturated heterocycles. The molecule has 0 unspecified atom stereocenters. The smallest absolute Gasteiger partial charge is 0.229 e. The van der Waals surface area contributed by atoms with Crippen LogP contribution in [0.15, 0.2) is 24.3 Å². The van der Waals surface area contributed by atoms with Gasteiger partial charge >= 0.3 is 0 Å². The molecule has 0 bridgehead atoms. The zero-order valence-corrected chi connectivity index (χ0v) is 17.1. The minimum absolute atomic E-state index is 0.564. The summed E-state index contributed by atoms with van der Waals surface area (Å²) in [6.45, 7) is 6.27. The lowest BCUT2D eigenvalue weighted by Crippen LogP contribution is -2.21. The Morgan fingerprint density at radius 1 is 1.11 bits per heavy atom. The van der Waals surface area contributed by atoms with Gasteiger partial charge in [-0.15, -0.1) is 0 Å². The number of aromatic nitrogens is 2. The van der Waals surface area contributed by atoms with E-state index in [9.17, 15) is 0 Å². The van der Waals surface area contributed by atoms with Crippen molar-refractivity contribution in [1.29, 1.82) is 0 Å². The van der Waals surface area contributed by atoms with E-state index in [4.69, 9.17) is 9.47 Å². The number of hydrogen-bond acceptors (Lipinski definition) is 7. The average Bonchev–Trinajstić information content (AvgIpc) is 3.24. The molecule has 0 spiro atoms. The fourth-order valence-electron chi connectivity index (χ4n) is 3.34. The van der Waals surface area contributed by atoms with Crippen molar-refractivity contribution < 1.29 is 9.47 Å². The number of ether oxygens (including phenoxy) is 2. The van der Waals surface area contributed by atoms with Gasteiger partial charge in [-0.3, -0.25) is 0 Å². The highest BCUT2D eigenvalue weighted by Crippen LogP contribution is 2.31. The third kappa shape index (κ3) is 5.48. The van der Waals surface area contributed by atoms with Gasteiger partial charge in [0.25, 0.3) is 0 Å². The van der Waals surface area contributed by atoms with Gasteiger partial charge in [0.05, 0.1) is 13.7 Å². The Kier molecular flexibility index (Phi) is 7.31. The highest BCUT2D eigenvalue weighted by Gasteiger charge is 2.12. The molecule has 1 aliphatic rings. The molecule has 1 fully saturated rings. The number of methoxy groups -OCH3 is 1. The Morgan fingerprint density at radius 3 is 2.64 bits per heavy atom. The van der Waals surface area contributed by atoms with Gasteiger partial charge in [0, 0.05) is 37.1 Å². The van der Waals surface area contributed by atoms with Gasteiger partial charge in [-0.1, -0.05) is 6.92 Å². The molecule has 1 aromatic heterocycles. The van der Waals surface area contributed by atoms with Crippen molar-refractivity contribution in [2.75, 3.05) is 51.0 Å². The maximum absolute atomic E-state index is 6.01. The fourth-order valence-corrected chi connectivity index (χ4v) is 3.34. The predicted molar refractivity (Wildman–Crippen MR) is 113 cm³/mol. The normalized spacial score (nSPS) is 14.1. The first kappa shape index (κ1) is 20.2. The van der Waals surface area contributed by atoms with Crippen molar-refractivity contribution in [3.8, 4) is 11.5 Å². The van der Waals surface area contributed by atoms with Crippen molar-refractivity contribution in [1.82, 2.24) is 14.9 Å². The van der Waals surface area contributed by atoms with Crippen LogP contribution in [-0.2, 0) is 6.42 Å². The number of anilines is 3. The molecular weight excluding hydrogens is 354 g/mol. The molecule has 7 nitrogen and oxygen atoms in total. The number of rotatable bonds is 10. The quantitative estimate of drug-likeness (QED) is 0.604. The maximum Gasteiger partial charge on any atom is 0.229 e. The van der Waals surface area contributed by atoms with Gasteiger partial charge in [-0.25, -0.2) is 4.98 Å². The maximum atomic E-state index is 6.01. The SMILES string of the molecule is CCc1cc(NC)nc(Nc2ccc(OC)c(OCCCN3CCCC3)c2)n1. The molecule has 0 atom stereocenters. The number of nitrogens with zero attached hydrogens (tertiary/aromatic N) is 3. The molecule has 152 valence electrons. The van der Waals surface area contributed by atoms with Crippen LogP contribution < -0.4 is 20.1 Å². The average molecular weight is 386 g/mol. The van der Waals surface area contributed by atoms with Crippen LogP contribution in [0.25, 0.3) is 0 Å². The minimum atomic E-state index is 0.564. The van der Waals surface area contributed by atoms with Gasteiger partial charge in [0.1, 0.15) is 5.82 Å². The predicted octanol–water partition coefficient (Wildman–Crippen LogP) is 3.70. The summed E-state index contributed by atoms with van der Waals surface area (Å²) in [6.07, 6.45) is 4.49. The Labute approximate surface area is 167 Å². The zero-order valence-electron chi connectivity index (χ0n) is 17.1. The first-order valence-electron chi connectivity index (χ1n) is 10.1. The van der Waals surface area contributed by atoms with Crippen LogP contribution in [0.4, 0.5) is 17.5 Å². The lowest BCUT2D eigenvalue weighted by Gasteiger charge is -2.16. The highest BCUT2D eigenvalue weighted by molar-refractivity contribution is 5.60. The van der Waals surface area contributed by atoms with Gasteiger partial charge in [0.15, 0.2) is 11.5 Å². The number of aryl methyl sites for hydroxylation is 1. The molecule has 28 heavy (non-hydrogen) atoms. The summed E-state index contributed by atoms with van der Waals surface area (Å²) in [5, 5.41) is 6.35. The van der Waals surface area contributed by atoms with Crippen LogP contribution in [0, 0.1) is 0 Å². The zero-order chi connectivity index (χ0) is 19.8. The second-order valence-electron chi connectivity index (χ2n) is 6.91. The van der Waals surface area contributed by atoms with Crippen molar-refractivity contribution in [2.24, 2.45) is 0 Å². The lowest BCUT2D eigenvalue weighted by molar-refractivity contribution is 0.254. The fraction of sp³-hybridized carbons (Fsp3) is 0.524. The summed E-state index contributed by atoms with van der Waals surface area (Å²) in [7, 11) is 3.51. The first-order chi connectivity index (χ1) is 13.7. The van der Waals surface area contributed by atoms with E-state index in [1.807, 2.05) is 31.3 Å². The molecule has 2 aromatic rings. The van der Waals surface area contributed by atoms with E-state index in [0.717, 1.165) is 48.1 Å². The summed E-state index contributed by atoms with van der Waals surface area (Å²) in [5.74, 6) is 2.82. The molecule has 1 aliphatic heterocycles. The summed E-state index contributed by atoms with van der Waals surface area (Å²) < 4.78 is 11.5. The second kappa shape index (κ2) is 10.1. The highest BCUT2D eigenvalue weighted by atomic mass is 16.5. The van der Waals surface area contributed by atoms with E-state index < -0.39 is 0 Å². The van der Waals surface area contributed by atoms with Crippen molar-refractivity contribution in [3.05, 3.63) is 30.0 Å². The third-order valence-electron chi connectivity index (χ3n) is 4.89. The van der Waals surface area contributed by atoms with Gasteiger partial charge in [0.2, 0.25) is 5.95 Å². The summed E-state index contributed by atoms with van der Waals surface area (Å²) in [4.78, 5) is 11.5. The van der Waals surface area contributed by atoms with Crippen LogP contribution in [-0.4, -0.2) is 55.3 Å². The van der Waals surface area contributed by atoms with Crippen molar-refractivity contribution >= 4 is 17.5 Å². The Hall–Kier alpha value is -2.54. The van der Waals surface area contributed by atoms with Crippen LogP contribution in [0.3, 0.4) is 0 Å². The first-order valence-corrected chi connectivity index (χ1v) is 10.1. The van der Waals surface area contributed by atoms with Crippen LogP contribution in [0.2, 0.25) is 0 Å². The van der Waals surface area contributed by atoms with E-state index in [2.05, 4.69) is 32.4 Å². The molecular formula is C21H31N5O2. The lowest BCUT2D eigenvalue weighted by atomic mass is 10.2. The molecule has 0 radical (unpaired) electrons. The third-order valence-corrected chi connectivity index (χ3v) is 4.89. The Morgan fingerprint density at radius 2 is 1.93 bits per heavy atom. The second-order valence-corrected chi connectivity index (χ2v) is 6.91. The van der Waals surface area contributed by atoms with E-state index >= 15 is 0 Å². The molecule has 7 heteroatoms. The van der Waals surface area contributed by atoms with Gasteiger partial charge in [-0.2, -0.15) is 4.98 Å². The number of likely N-dealkylation sites (tertiary alicyclic amines) is 1. The van der Waals surface area contributed by atoms with Gasteiger partial charge in [-0.05, 0) is 50.9 Å². The standard InChI is InChI=1S/C21H31N5O2/c1-4-16-15-20(22-2)25-21(23-16)24-17-8-9-18(27-3)19(14-17)28-13-7-12-26-10-5-6-11-26/h8-9,14-15H,4-7,10-13H2,1-3H3,(H2,22,23,24,25). The molecule has 0 saturated carbocycles. The molecule has 0 amide bonds. The van der Waals surface area contributed by atoms with E-state index in [1.54, 1.807) is 7.11 Å². The van der Waals surface area contributed by atoms with Crippen LogP contribution in [0.1, 0.15) is 31.9 Å². The summed E-state index contributed by atoms with van der Waals surface area (Å²) in [6, 6.07) is 7.74. The van der Waals surface area contributed by atoms with Crippen LogP contribution >= 0.6 is 0 Å². The monoisotopic (exact) mass is 385 g/mol. The number of hydrogen-bond donors (Lipinski definition) is 2. The number of benzene rings is 1. The topological polar surface area (TPSA) is 71.5 Å². The van der Waals surface area contributed by atoms with E-state index in [0.29, 0.717) is 12.6 Å². The molecule has 0 aliphatic carbocycles. The van der Waals surface area contributed by atoms with Crippen LogP contribution in [0.5, 0.6) is 11.5 Å². The molecule has 2 heterocycles. The van der Waals surface area contributed by atoms with Crippen molar-refractivity contribution in [2.45, 2.75) is 32.6 Å². The van der Waals surface area contributed by atoms with Crippen molar-refractivity contribution in [3.63, 3.8) is 0 Å². The minimum Gasteiger partial charge on any atom is -0.493 e. The molecule has 2 N–H and O–H groups in total. The summed E-state index contributed by atoms with van der Waals surface area (Å²) >= 11 is 0. The number of nitrogens with one attached hydrogen (secondary N) is 2. The Balaban J connectivity index is 1.64.